The number of ketones is 1. The van der Waals surface area contributed by atoms with Crippen molar-refractivity contribution in [3.8, 4) is 0 Å². The number of Topliss-reactive ketones (excluding diaryl/α,β-unsaturated/α-hetero) is 1. The second kappa shape index (κ2) is 7.24. The van der Waals surface area contributed by atoms with Crippen LogP contribution in [0.15, 0.2) is 53.4 Å². The summed E-state index contributed by atoms with van der Waals surface area (Å²) in [4.78, 5) is 11.6. The van der Waals surface area contributed by atoms with Crippen LogP contribution in [-0.4, -0.2) is 24.4 Å². The summed E-state index contributed by atoms with van der Waals surface area (Å²) in [5.74, 6) is -0.00626. The molecule has 140 valence electrons. The van der Waals surface area contributed by atoms with Gasteiger partial charge in [0.25, 0.3) is 10.0 Å². The van der Waals surface area contributed by atoms with Crippen LogP contribution in [0.2, 0.25) is 0 Å². The van der Waals surface area contributed by atoms with Crippen molar-refractivity contribution in [2.24, 2.45) is 0 Å². The van der Waals surface area contributed by atoms with Crippen LogP contribution in [0.4, 0.5) is 17.1 Å². The van der Waals surface area contributed by atoms with Crippen LogP contribution in [0.3, 0.4) is 0 Å². The second-order valence-electron chi connectivity index (χ2n) is 6.21. The fraction of sp³-hybridized carbons (Fsp3) is 0.158. The lowest BCUT2D eigenvalue weighted by atomic mass is 10.1. The molecule has 27 heavy (non-hydrogen) atoms. The standard InChI is InChI=1S/C19H20N4O3S/c1-12-19(13(2)22-21-12)27(25,26)23-17-9-7-16(8-10-17)20-18-6-4-5-15(11-18)14(3)24/h4-11,20,23H,1-3H3,(H,21,22). The molecule has 0 radical (unpaired) electrons. The number of carbonyl (C=O) groups excluding carboxylic acids is 1. The van der Waals surface area contributed by atoms with Crippen molar-refractivity contribution >= 4 is 32.9 Å². The lowest BCUT2D eigenvalue weighted by Crippen LogP contribution is -2.14. The van der Waals surface area contributed by atoms with E-state index < -0.39 is 10.0 Å². The first-order valence-corrected chi connectivity index (χ1v) is 9.77. The van der Waals surface area contributed by atoms with E-state index in [0.717, 1.165) is 11.4 Å². The SMILES string of the molecule is CC(=O)c1cccc(Nc2ccc(NS(=O)(=O)c3c(C)n[nH]c3C)cc2)c1. The molecule has 3 aromatic rings. The summed E-state index contributed by atoms with van der Waals surface area (Å²) in [6, 6.07) is 14.0. The Hall–Kier alpha value is -3.13. The van der Waals surface area contributed by atoms with E-state index in [1.54, 1.807) is 56.3 Å². The molecule has 0 aliphatic heterocycles. The fourth-order valence-electron chi connectivity index (χ4n) is 2.75. The number of nitrogens with one attached hydrogen (secondary N) is 3. The molecule has 0 unspecified atom stereocenters. The summed E-state index contributed by atoms with van der Waals surface area (Å²) in [5.41, 5.74) is 3.52. The molecule has 0 bridgehead atoms. The van der Waals surface area contributed by atoms with Crippen LogP contribution in [0.25, 0.3) is 0 Å². The van der Waals surface area contributed by atoms with Gasteiger partial charge in [-0.05, 0) is 57.2 Å². The third kappa shape index (κ3) is 4.17. The highest BCUT2D eigenvalue weighted by Gasteiger charge is 2.22. The van der Waals surface area contributed by atoms with Crippen LogP contribution >= 0.6 is 0 Å². The molecule has 0 atom stereocenters. The van der Waals surface area contributed by atoms with E-state index in [-0.39, 0.29) is 10.7 Å². The quantitative estimate of drug-likeness (QED) is 0.561. The molecule has 1 heterocycles. The number of hydrogen-bond donors (Lipinski definition) is 3. The van der Waals surface area contributed by atoms with Gasteiger partial charge in [-0.1, -0.05) is 12.1 Å². The summed E-state index contributed by atoms with van der Waals surface area (Å²) in [6.07, 6.45) is 0. The Kier molecular flexibility index (Phi) is 5.00. The minimum Gasteiger partial charge on any atom is -0.356 e. The molecule has 2 aromatic carbocycles. The molecule has 0 aliphatic carbocycles. The Bertz CT molecular complexity index is 1070. The Balaban J connectivity index is 1.76. The molecule has 0 amide bonds. The van der Waals surface area contributed by atoms with E-state index in [9.17, 15) is 13.2 Å². The van der Waals surface area contributed by atoms with Crippen LogP contribution < -0.4 is 10.0 Å². The number of anilines is 3. The average Bonchev–Trinajstić information content (AvgIpc) is 2.96. The second-order valence-corrected chi connectivity index (χ2v) is 7.83. The predicted octanol–water partition coefficient (Wildman–Crippen LogP) is 3.77. The number of aryl methyl sites for hydroxylation is 2. The summed E-state index contributed by atoms with van der Waals surface area (Å²) in [7, 11) is -3.72. The van der Waals surface area contributed by atoms with Gasteiger partial charge in [0.15, 0.2) is 5.78 Å². The molecule has 1 aromatic heterocycles. The zero-order valence-electron chi connectivity index (χ0n) is 15.2. The third-order valence-electron chi connectivity index (χ3n) is 4.02. The van der Waals surface area contributed by atoms with Gasteiger partial charge in [0.1, 0.15) is 4.90 Å². The number of hydrogen-bond acceptors (Lipinski definition) is 5. The Labute approximate surface area is 157 Å². The van der Waals surface area contributed by atoms with Gasteiger partial charge in [0.05, 0.1) is 11.4 Å². The maximum Gasteiger partial charge on any atom is 0.265 e. The molecule has 0 spiro atoms. The van der Waals surface area contributed by atoms with Crippen molar-refractivity contribution in [3.05, 3.63) is 65.5 Å². The van der Waals surface area contributed by atoms with E-state index in [0.29, 0.717) is 22.6 Å². The number of aromatic nitrogens is 2. The molecule has 0 saturated carbocycles. The lowest BCUT2D eigenvalue weighted by Gasteiger charge is -2.11. The minimum atomic E-state index is -3.72. The first kappa shape index (κ1) is 18.7. The van der Waals surface area contributed by atoms with Gasteiger partial charge in [-0.3, -0.25) is 14.6 Å². The van der Waals surface area contributed by atoms with Gasteiger partial charge in [0.2, 0.25) is 0 Å². The third-order valence-corrected chi connectivity index (χ3v) is 5.67. The fourth-order valence-corrected chi connectivity index (χ4v) is 4.18. The van der Waals surface area contributed by atoms with E-state index >= 15 is 0 Å². The Morgan fingerprint density at radius 3 is 2.26 bits per heavy atom. The highest BCUT2D eigenvalue weighted by molar-refractivity contribution is 7.92. The predicted molar refractivity (Wildman–Crippen MR) is 105 cm³/mol. The molecule has 0 fully saturated rings. The van der Waals surface area contributed by atoms with E-state index in [4.69, 9.17) is 0 Å². The number of rotatable bonds is 6. The zero-order valence-corrected chi connectivity index (χ0v) is 16.0. The van der Waals surface area contributed by atoms with Crippen LogP contribution in [0.5, 0.6) is 0 Å². The summed E-state index contributed by atoms with van der Waals surface area (Å²) in [6.45, 7) is 4.82. The highest BCUT2D eigenvalue weighted by Crippen LogP contribution is 2.23. The number of carbonyl (C=O) groups is 1. The number of nitrogens with zero attached hydrogens (tertiary/aromatic N) is 1. The van der Waals surface area contributed by atoms with Gasteiger partial charge in [-0.15, -0.1) is 0 Å². The van der Waals surface area contributed by atoms with Crippen molar-refractivity contribution in [3.63, 3.8) is 0 Å². The first-order chi connectivity index (χ1) is 12.8. The van der Waals surface area contributed by atoms with E-state index in [1.165, 1.54) is 6.92 Å². The minimum absolute atomic E-state index is 0.00626. The molecule has 3 N–H and O–H groups in total. The summed E-state index contributed by atoms with van der Waals surface area (Å²) >= 11 is 0. The highest BCUT2D eigenvalue weighted by atomic mass is 32.2. The lowest BCUT2D eigenvalue weighted by molar-refractivity contribution is 0.101. The first-order valence-electron chi connectivity index (χ1n) is 8.29. The maximum absolute atomic E-state index is 12.6. The van der Waals surface area contributed by atoms with Gasteiger partial charge in [-0.2, -0.15) is 5.10 Å². The monoisotopic (exact) mass is 384 g/mol. The van der Waals surface area contributed by atoms with Crippen molar-refractivity contribution in [2.45, 2.75) is 25.7 Å². The molecule has 3 rings (SSSR count). The molecule has 8 heteroatoms. The number of sulfonamides is 1. The summed E-state index contributed by atoms with van der Waals surface area (Å²) in [5, 5.41) is 9.79. The van der Waals surface area contributed by atoms with Gasteiger partial charge >= 0.3 is 0 Å². The molecule has 0 aliphatic rings. The van der Waals surface area contributed by atoms with Crippen LogP contribution in [0, 0.1) is 13.8 Å². The van der Waals surface area contributed by atoms with Crippen LogP contribution in [0.1, 0.15) is 28.7 Å². The average molecular weight is 384 g/mol. The van der Waals surface area contributed by atoms with Crippen molar-refractivity contribution in [1.29, 1.82) is 0 Å². The molecular weight excluding hydrogens is 364 g/mol. The van der Waals surface area contributed by atoms with E-state index in [2.05, 4.69) is 20.2 Å². The van der Waals surface area contributed by atoms with E-state index in [1.807, 2.05) is 6.07 Å². The maximum atomic E-state index is 12.6. The number of aromatic amines is 1. The number of benzene rings is 2. The Morgan fingerprint density at radius 1 is 1.00 bits per heavy atom. The van der Waals surface area contributed by atoms with Crippen molar-refractivity contribution < 1.29 is 13.2 Å². The van der Waals surface area contributed by atoms with Crippen molar-refractivity contribution in [1.82, 2.24) is 10.2 Å². The molecule has 0 saturated heterocycles. The summed E-state index contributed by atoms with van der Waals surface area (Å²) < 4.78 is 27.7. The molecular formula is C19H20N4O3S. The van der Waals surface area contributed by atoms with Gasteiger partial charge < -0.3 is 5.32 Å². The smallest absolute Gasteiger partial charge is 0.265 e. The van der Waals surface area contributed by atoms with Gasteiger partial charge in [0, 0.05) is 22.6 Å². The largest absolute Gasteiger partial charge is 0.356 e. The van der Waals surface area contributed by atoms with Gasteiger partial charge in [-0.25, -0.2) is 8.42 Å². The van der Waals surface area contributed by atoms with Crippen molar-refractivity contribution in [2.75, 3.05) is 10.0 Å². The number of H-pyrrole nitrogens is 1. The molecule has 7 nitrogen and oxygen atoms in total. The van der Waals surface area contributed by atoms with Crippen LogP contribution in [-0.2, 0) is 10.0 Å². The normalized spacial score (nSPS) is 11.2. The zero-order chi connectivity index (χ0) is 19.6. The topological polar surface area (TPSA) is 104 Å². The Morgan fingerprint density at radius 2 is 1.67 bits per heavy atom.